The Balaban J connectivity index is 3.58. The SMILES string of the molecule is CCCCC/C=C\C/C=C\CCCCCCCCCC(=O)OCC(O)COP(=O)(O)OCCNC(=O)CCCCCCCCCCC/C=C/CCCCCCCC. The van der Waals surface area contributed by atoms with Gasteiger partial charge in [0.1, 0.15) is 12.7 Å². The number of carbonyl (C=O) groups excluding carboxylic acids is 2. The number of phosphoric ester groups is 1. The summed E-state index contributed by atoms with van der Waals surface area (Å²) >= 11 is 0. The third-order valence-electron chi connectivity index (χ3n) is 10.0. The maximum absolute atomic E-state index is 12.1. The molecule has 10 heteroatoms. The van der Waals surface area contributed by atoms with E-state index in [9.17, 15) is 24.2 Å². The molecule has 0 aromatic rings. The van der Waals surface area contributed by atoms with Gasteiger partial charge in [-0.1, -0.05) is 172 Å². The van der Waals surface area contributed by atoms with Crippen LogP contribution in [0, 0.1) is 0 Å². The van der Waals surface area contributed by atoms with Crippen LogP contribution in [0.4, 0.5) is 0 Å². The van der Waals surface area contributed by atoms with Crippen molar-refractivity contribution in [3.05, 3.63) is 36.5 Å². The fraction of sp³-hybridized carbons (Fsp3) is 0.830. The normalized spacial score (nSPS) is 13.5. The summed E-state index contributed by atoms with van der Waals surface area (Å²) in [4.78, 5) is 34.0. The van der Waals surface area contributed by atoms with Crippen LogP contribution in [0.5, 0.6) is 0 Å². The summed E-state index contributed by atoms with van der Waals surface area (Å²) in [6, 6.07) is 0. The average molecular weight is 826 g/mol. The molecule has 0 heterocycles. The van der Waals surface area contributed by atoms with Crippen molar-refractivity contribution in [2.45, 2.75) is 225 Å². The molecule has 9 nitrogen and oxygen atoms in total. The third kappa shape index (κ3) is 45.2. The van der Waals surface area contributed by atoms with E-state index in [0.29, 0.717) is 6.42 Å². The van der Waals surface area contributed by atoms with E-state index >= 15 is 0 Å². The Bertz CT molecular complexity index is 1030. The molecule has 1 amide bonds. The molecule has 57 heavy (non-hydrogen) atoms. The van der Waals surface area contributed by atoms with Crippen molar-refractivity contribution in [3.8, 4) is 0 Å². The molecule has 0 radical (unpaired) electrons. The number of ether oxygens (including phenoxy) is 1. The minimum atomic E-state index is -4.42. The van der Waals surface area contributed by atoms with Gasteiger partial charge in [-0.2, -0.15) is 0 Å². The van der Waals surface area contributed by atoms with E-state index in [-0.39, 0.29) is 32.1 Å². The molecule has 0 fully saturated rings. The number of carbonyl (C=O) groups is 2. The first-order valence-corrected chi connectivity index (χ1v) is 25.0. The van der Waals surface area contributed by atoms with Crippen molar-refractivity contribution in [1.29, 1.82) is 0 Å². The van der Waals surface area contributed by atoms with Gasteiger partial charge < -0.3 is 20.1 Å². The second-order valence-corrected chi connectivity index (χ2v) is 17.2. The van der Waals surface area contributed by atoms with Gasteiger partial charge in [-0.25, -0.2) is 4.57 Å². The quantitative estimate of drug-likeness (QED) is 0.0239. The van der Waals surface area contributed by atoms with Gasteiger partial charge in [0.15, 0.2) is 0 Å². The minimum Gasteiger partial charge on any atom is -0.463 e. The molecular formula is C47H88NO8P. The number of allylic oxidation sites excluding steroid dienone is 6. The third-order valence-corrected chi connectivity index (χ3v) is 11.0. The van der Waals surface area contributed by atoms with Crippen molar-refractivity contribution in [2.24, 2.45) is 0 Å². The van der Waals surface area contributed by atoms with Crippen LogP contribution in [0.2, 0.25) is 0 Å². The molecule has 0 saturated carbocycles. The minimum absolute atomic E-state index is 0.0804. The Morgan fingerprint density at radius 1 is 0.544 bits per heavy atom. The first-order chi connectivity index (χ1) is 27.8. The molecule has 2 unspecified atom stereocenters. The van der Waals surface area contributed by atoms with E-state index in [4.69, 9.17) is 13.8 Å². The number of hydrogen-bond donors (Lipinski definition) is 3. The molecule has 0 aromatic heterocycles. The summed E-state index contributed by atoms with van der Waals surface area (Å²) < 4.78 is 26.9. The van der Waals surface area contributed by atoms with Crippen LogP contribution in [0.25, 0.3) is 0 Å². The monoisotopic (exact) mass is 826 g/mol. The molecule has 3 N–H and O–H groups in total. The van der Waals surface area contributed by atoms with Crippen molar-refractivity contribution in [1.82, 2.24) is 5.32 Å². The fourth-order valence-electron chi connectivity index (χ4n) is 6.46. The lowest BCUT2D eigenvalue weighted by atomic mass is 10.1. The molecule has 0 aliphatic carbocycles. The Hall–Kier alpha value is -1.77. The number of hydrogen-bond acceptors (Lipinski definition) is 7. The van der Waals surface area contributed by atoms with Crippen molar-refractivity contribution in [2.75, 3.05) is 26.4 Å². The number of phosphoric acid groups is 1. The van der Waals surface area contributed by atoms with Gasteiger partial charge in [0.25, 0.3) is 0 Å². The van der Waals surface area contributed by atoms with Crippen molar-refractivity contribution >= 4 is 19.7 Å². The van der Waals surface area contributed by atoms with Gasteiger partial charge in [-0.05, 0) is 70.6 Å². The van der Waals surface area contributed by atoms with Crippen molar-refractivity contribution in [3.63, 3.8) is 0 Å². The average Bonchev–Trinajstić information content (AvgIpc) is 3.20. The summed E-state index contributed by atoms with van der Waals surface area (Å²) in [6.45, 7) is 3.53. The highest BCUT2D eigenvalue weighted by atomic mass is 31.2. The number of aliphatic hydroxyl groups is 1. The van der Waals surface area contributed by atoms with E-state index < -0.39 is 26.5 Å². The number of esters is 1. The van der Waals surface area contributed by atoms with Crippen LogP contribution in [0.1, 0.15) is 219 Å². The van der Waals surface area contributed by atoms with Gasteiger partial charge in [-0.15, -0.1) is 0 Å². The number of amides is 1. The Labute approximate surface area is 350 Å². The van der Waals surface area contributed by atoms with Gasteiger partial charge in [0, 0.05) is 19.4 Å². The van der Waals surface area contributed by atoms with Crippen LogP contribution < -0.4 is 5.32 Å². The molecular weight excluding hydrogens is 737 g/mol. The molecule has 334 valence electrons. The predicted molar refractivity (Wildman–Crippen MR) is 238 cm³/mol. The Morgan fingerprint density at radius 2 is 0.947 bits per heavy atom. The summed E-state index contributed by atoms with van der Waals surface area (Å²) in [5.41, 5.74) is 0. The van der Waals surface area contributed by atoms with Crippen molar-refractivity contribution < 1.29 is 37.9 Å². The number of aliphatic hydroxyl groups excluding tert-OH is 1. The van der Waals surface area contributed by atoms with E-state index in [1.165, 1.54) is 135 Å². The second kappa shape index (κ2) is 43.8. The van der Waals surface area contributed by atoms with E-state index in [0.717, 1.165) is 57.8 Å². The number of nitrogens with one attached hydrogen (secondary N) is 1. The lowest BCUT2D eigenvalue weighted by Crippen LogP contribution is -2.27. The largest absolute Gasteiger partial charge is 0.472 e. The summed E-state index contributed by atoms with van der Waals surface area (Å²) in [6.07, 6.45) is 49.3. The lowest BCUT2D eigenvalue weighted by molar-refractivity contribution is -0.147. The molecule has 0 saturated heterocycles. The molecule has 0 aliphatic rings. The topological polar surface area (TPSA) is 131 Å². The van der Waals surface area contributed by atoms with Gasteiger partial charge in [0.05, 0.1) is 13.2 Å². The van der Waals surface area contributed by atoms with E-state index in [2.05, 4.69) is 55.6 Å². The van der Waals surface area contributed by atoms with Crippen LogP contribution in [0.3, 0.4) is 0 Å². The van der Waals surface area contributed by atoms with Crippen LogP contribution in [-0.2, 0) is 27.9 Å². The van der Waals surface area contributed by atoms with Gasteiger partial charge in [-0.3, -0.25) is 18.6 Å². The maximum atomic E-state index is 12.1. The second-order valence-electron chi connectivity index (χ2n) is 15.7. The predicted octanol–water partition coefficient (Wildman–Crippen LogP) is 13.3. The number of rotatable bonds is 44. The lowest BCUT2D eigenvalue weighted by Gasteiger charge is -2.15. The van der Waals surface area contributed by atoms with Gasteiger partial charge >= 0.3 is 13.8 Å². The smallest absolute Gasteiger partial charge is 0.463 e. The standard InChI is InChI=1S/C47H88NO8P/c1-3-5-7-9-11-13-15-17-19-21-22-24-25-27-29-31-33-35-37-39-46(50)48-41-42-55-57(52,53)56-44-45(49)43-54-47(51)40-38-36-34-32-30-28-26-23-20-18-16-14-12-10-8-6-4-2/h12,14,17-20,45,49H,3-11,13,15-16,21-44H2,1-2H3,(H,48,50)(H,52,53)/b14-12-,19-17+,20-18-. The van der Waals surface area contributed by atoms with E-state index in [1.807, 2.05) is 0 Å². The Morgan fingerprint density at radius 3 is 1.46 bits per heavy atom. The Kier molecular flexibility index (Phi) is 42.4. The van der Waals surface area contributed by atoms with Gasteiger partial charge in [0.2, 0.25) is 5.91 Å². The first-order valence-electron chi connectivity index (χ1n) is 23.5. The zero-order valence-electron chi connectivity index (χ0n) is 36.8. The fourth-order valence-corrected chi connectivity index (χ4v) is 7.22. The molecule has 0 spiro atoms. The first kappa shape index (κ1) is 55.2. The zero-order valence-corrected chi connectivity index (χ0v) is 37.7. The molecule has 0 aliphatic heterocycles. The van der Waals surface area contributed by atoms with Crippen LogP contribution >= 0.6 is 7.82 Å². The molecule has 2 atom stereocenters. The highest BCUT2D eigenvalue weighted by Gasteiger charge is 2.23. The molecule has 0 rings (SSSR count). The summed E-state index contributed by atoms with van der Waals surface area (Å²) in [5, 5.41) is 12.7. The molecule has 0 bridgehead atoms. The zero-order chi connectivity index (χ0) is 41.8. The van der Waals surface area contributed by atoms with E-state index in [1.54, 1.807) is 0 Å². The summed E-state index contributed by atoms with van der Waals surface area (Å²) in [5.74, 6) is -0.522. The van der Waals surface area contributed by atoms with Crippen LogP contribution in [-0.4, -0.2) is 54.3 Å². The highest BCUT2D eigenvalue weighted by Crippen LogP contribution is 2.42. The number of unbranched alkanes of at least 4 members (excludes halogenated alkanes) is 25. The summed E-state index contributed by atoms with van der Waals surface area (Å²) in [7, 11) is -4.42. The van der Waals surface area contributed by atoms with Crippen LogP contribution in [0.15, 0.2) is 36.5 Å². The maximum Gasteiger partial charge on any atom is 0.472 e. The highest BCUT2D eigenvalue weighted by molar-refractivity contribution is 7.47. The molecule has 0 aromatic carbocycles.